The smallest absolute Gasteiger partial charge is 0.227 e. The van der Waals surface area contributed by atoms with Crippen molar-refractivity contribution in [3.8, 4) is 0 Å². The van der Waals surface area contributed by atoms with Crippen LogP contribution in [0.25, 0.3) is 0 Å². The molecule has 0 bridgehead atoms. The monoisotopic (exact) mass is 254 g/mol. The van der Waals surface area contributed by atoms with E-state index in [-0.39, 0.29) is 16.9 Å². The fourth-order valence-electron chi connectivity index (χ4n) is 3.06. The lowest BCUT2D eigenvalue weighted by Gasteiger charge is -2.41. The highest BCUT2D eigenvalue weighted by Gasteiger charge is 2.41. The number of hydrogen-bond acceptors (Lipinski definition) is 3. The molecule has 2 atom stereocenters. The van der Waals surface area contributed by atoms with Gasteiger partial charge >= 0.3 is 0 Å². The van der Waals surface area contributed by atoms with Crippen LogP contribution in [-0.2, 0) is 9.53 Å². The van der Waals surface area contributed by atoms with Crippen LogP contribution >= 0.6 is 0 Å². The standard InChI is InChI=1S/C14H26N2O2/c1-3-14(7-4-8-15-10-14)12(17)16-13(2)6-5-9-18-11-13/h15H,3-11H2,1-2H3,(H,16,17). The van der Waals surface area contributed by atoms with E-state index in [1.54, 1.807) is 0 Å². The summed E-state index contributed by atoms with van der Waals surface area (Å²) >= 11 is 0. The predicted molar refractivity (Wildman–Crippen MR) is 71.4 cm³/mol. The largest absolute Gasteiger partial charge is 0.379 e. The van der Waals surface area contributed by atoms with Gasteiger partial charge in [-0.25, -0.2) is 0 Å². The van der Waals surface area contributed by atoms with Crippen LogP contribution in [0.15, 0.2) is 0 Å². The highest BCUT2D eigenvalue weighted by atomic mass is 16.5. The fourth-order valence-corrected chi connectivity index (χ4v) is 3.06. The normalized spacial score (nSPS) is 37.2. The van der Waals surface area contributed by atoms with E-state index in [4.69, 9.17) is 4.74 Å². The number of carbonyl (C=O) groups excluding carboxylic acids is 1. The molecule has 0 aromatic heterocycles. The molecule has 2 aliphatic rings. The first-order valence-corrected chi connectivity index (χ1v) is 7.21. The lowest BCUT2D eigenvalue weighted by molar-refractivity contribution is -0.136. The summed E-state index contributed by atoms with van der Waals surface area (Å²) in [5, 5.41) is 6.62. The van der Waals surface area contributed by atoms with E-state index in [0.717, 1.165) is 51.8 Å². The van der Waals surface area contributed by atoms with Gasteiger partial charge in [-0.15, -0.1) is 0 Å². The number of piperidine rings is 1. The molecule has 18 heavy (non-hydrogen) atoms. The Bertz CT molecular complexity index is 292. The molecular formula is C14H26N2O2. The molecule has 2 rings (SSSR count). The van der Waals surface area contributed by atoms with Crippen molar-refractivity contribution in [2.75, 3.05) is 26.3 Å². The Balaban J connectivity index is 2.00. The molecule has 0 radical (unpaired) electrons. The first-order chi connectivity index (χ1) is 8.60. The number of carbonyl (C=O) groups is 1. The number of hydrogen-bond donors (Lipinski definition) is 2. The van der Waals surface area contributed by atoms with Gasteiger partial charge in [-0.3, -0.25) is 4.79 Å². The fraction of sp³-hybridized carbons (Fsp3) is 0.929. The first kappa shape index (κ1) is 13.8. The van der Waals surface area contributed by atoms with Crippen LogP contribution in [0.4, 0.5) is 0 Å². The Morgan fingerprint density at radius 1 is 1.39 bits per heavy atom. The van der Waals surface area contributed by atoms with Crippen molar-refractivity contribution in [3.05, 3.63) is 0 Å². The SMILES string of the molecule is CCC1(C(=O)NC2(C)CCCOC2)CCCNC1. The molecule has 0 aromatic rings. The van der Waals surface area contributed by atoms with Gasteiger partial charge in [-0.1, -0.05) is 6.92 Å². The summed E-state index contributed by atoms with van der Waals surface area (Å²) in [7, 11) is 0. The van der Waals surface area contributed by atoms with Gasteiger partial charge < -0.3 is 15.4 Å². The van der Waals surface area contributed by atoms with Gasteiger partial charge in [0.1, 0.15) is 0 Å². The molecule has 1 amide bonds. The second-order valence-corrected chi connectivity index (χ2v) is 6.09. The quantitative estimate of drug-likeness (QED) is 0.801. The summed E-state index contributed by atoms with van der Waals surface area (Å²) in [6, 6.07) is 0. The summed E-state index contributed by atoms with van der Waals surface area (Å²) < 4.78 is 5.51. The van der Waals surface area contributed by atoms with Crippen molar-refractivity contribution in [1.82, 2.24) is 10.6 Å². The molecule has 2 fully saturated rings. The minimum absolute atomic E-state index is 0.172. The Labute approximate surface area is 110 Å². The third-order valence-corrected chi connectivity index (χ3v) is 4.48. The van der Waals surface area contributed by atoms with Crippen molar-refractivity contribution in [3.63, 3.8) is 0 Å². The summed E-state index contributed by atoms with van der Waals surface area (Å²) in [5.41, 5.74) is -0.381. The van der Waals surface area contributed by atoms with E-state index in [2.05, 4.69) is 24.5 Å². The van der Waals surface area contributed by atoms with Crippen molar-refractivity contribution in [2.45, 2.75) is 51.5 Å². The third kappa shape index (κ3) is 2.86. The maximum atomic E-state index is 12.6. The van der Waals surface area contributed by atoms with Crippen LogP contribution in [-0.4, -0.2) is 37.7 Å². The van der Waals surface area contributed by atoms with Crippen molar-refractivity contribution in [2.24, 2.45) is 5.41 Å². The van der Waals surface area contributed by atoms with Crippen LogP contribution < -0.4 is 10.6 Å². The molecule has 2 N–H and O–H groups in total. The summed E-state index contributed by atoms with van der Waals surface area (Å²) in [5.74, 6) is 0.213. The molecule has 0 aliphatic carbocycles. The zero-order valence-electron chi connectivity index (χ0n) is 11.7. The molecule has 2 saturated heterocycles. The number of rotatable bonds is 3. The summed E-state index contributed by atoms with van der Waals surface area (Å²) in [4.78, 5) is 12.6. The highest BCUT2D eigenvalue weighted by Crippen LogP contribution is 2.31. The van der Waals surface area contributed by atoms with Gasteiger partial charge in [0.05, 0.1) is 17.6 Å². The van der Waals surface area contributed by atoms with E-state index < -0.39 is 0 Å². The van der Waals surface area contributed by atoms with Crippen LogP contribution in [0.2, 0.25) is 0 Å². The second kappa shape index (κ2) is 5.57. The topological polar surface area (TPSA) is 50.4 Å². The summed E-state index contributed by atoms with van der Waals surface area (Å²) in [6.45, 7) is 7.54. The molecule has 2 heterocycles. The van der Waals surface area contributed by atoms with Gasteiger partial charge in [0.25, 0.3) is 0 Å². The second-order valence-electron chi connectivity index (χ2n) is 6.09. The van der Waals surface area contributed by atoms with E-state index in [0.29, 0.717) is 6.61 Å². The molecular weight excluding hydrogens is 228 g/mol. The van der Waals surface area contributed by atoms with E-state index in [1.165, 1.54) is 0 Å². The number of ether oxygens (including phenoxy) is 1. The zero-order valence-corrected chi connectivity index (χ0v) is 11.7. The minimum Gasteiger partial charge on any atom is -0.379 e. The maximum absolute atomic E-state index is 12.6. The average Bonchev–Trinajstić information content (AvgIpc) is 2.39. The number of nitrogens with one attached hydrogen (secondary N) is 2. The molecule has 4 heteroatoms. The molecule has 0 saturated carbocycles. The minimum atomic E-state index is -0.210. The molecule has 4 nitrogen and oxygen atoms in total. The van der Waals surface area contributed by atoms with Crippen molar-refractivity contribution in [1.29, 1.82) is 0 Å². The van der Waals surface area contributed by atoms with Gasteiger partial charge in [0, 0.05) is 13.2 Å². The summed E-state index contributed by atoms with van der Waals surface area (Å²) in [6.07, 6.45) is 5.05. The Hall–Kier alpha value is -0.610. The Kier molecular flexibility index (Phi) is 4.28. The van der Waals surface area contributed by atoms with Crippen LogP contribution in [0.5, 0.6) is 0 Å². The van der Waals surface area contributed by atoms with Crippen LogP contribution in [0.3, 0.4) is 0 Å². The lowest BCUT2D eigenvalue weighted by Crippen LogP contribution is -2.58. The van der Waals surface area contributed by atoms with Gasteiger partial charge in [0.15, 0.2) is 0 Å². The Morgan fingerprint density at radius 2 is 2.22 bits per heavy atom. The van der Waals surface area contributed by atoms with Gasteiger partial charge in [-0.2, -0.15) is 0 Å². The van der Waals surface area contributed by atoms with Crippen LogP contribution in [0.1, 0.15) is 46.0 Å². The van der Waals surface area contributed by atoms with Gasteiger partial charge in [-0.05, 0) is 45.6 Å². The molecule has 2 aliphatic heterocycles. The Morgan fingerprint density at radius 3 is 2.78 bits per heavy atom. The lowest BCUT2D eigenvalue weighted by atomic mass is 9.76. The molecule has 104 valence electrons. The van der Waals surface area contributed by atoms with E-state index in [9.17, 15) is 4.79 Å². The highest BCUT2D eigenvalue weighted by molar-refractivity contribution is 5.83. The van der Waals surface area contributed by atoms with Crippen molar-refractivity contribution < 1.29 is 9.53 Å². The number of amides is 1. The van der Waals surface area contributed by atoms with E-state index in [1.807, 2.05) is 0 Å². The van der Waals surface area contributed by atoms with E-state index >= 15 is 0 Å². The molecule has 0 spiro atoms. The third-order valence-electron chi connectivity index (χ3n) is 4.48. The predicted octanol–water partition coefficient (Wildman–Crippen LogP) is 1.45. The average molecular weight is 254 g/mol. The molecule has 2 unspecified atom stereocenters. The molecule has 0 aromatic carbocycles. The van der Waals surface area contributed by atoms with Gasteiger partial charge in [0.2, 0.25) is 5.91 Å². The first-order valence-electron chi connectivity index (χ1n) is 7.21. The maximum Gasteiger partial charge on any atom is 0.227 e. The zero-order chi connectivity index (χ0) is 13.1. The van der Waals surface area contributed by atoms with Crippen LogP contribution in [0, 0.1) is 5.41 Å². The van der Waals surface area contributed by atoms with Crippen molar-refractivity contribution >= 4 is 5.91 Å².